The lowest BCUT2D eigenvalue weighted by Crippen LogP contribution is -2.50. The lowest BCUT2D eigenvalue weighted by molar-refractivity contribution is -0.164. The molecule has 2 amide bonds. The predicted molar refractivity (Wildman–Crippen MR) is 320 cm³/mol. The minimum absolute atomic E-state index is 0.0707. The van der Waals surface area contributed by atoms with E-state index in [0.717, 1.165) is 31.7 Å². The Morgan fingerprint density at radius 3 is 1.43 bits per heavy atom. The fourth-order valence-corrected chi connectivity index (χ4v) is 12.8. The van der Waals surface area contributed by atoms with Gasteiger partial charge in [0.05, 0.1) is 5.56 Å². The molecule has 82 heavy (non-hydrogen) atoms. The van der Waals surface area contributed by atoms with Crippen molar-refractivity contribution in [2.75, 3.05) is 5.32 Å². The summed E-state index contributed by atoms with van der Waals surface area (Å²) in [7, 11) is 0. The Hall–Kier alpha value is -7.09. The van der Waals surface area contributed by atoms with E-state index in [1.165, 1.54) is 18.2 Å². The van der Waals surface area contributed by atoms with E-state index in [-0.39, 0.29) is 96.5 Å². The average molecular weight is 1120 g/mol. The highest BCUT2D eigenvalue weighted by Crippen LogP contribution is 2.53. The highest BCUT2D eigenvalue weighted by molar-refractivity contribution is 6.45. The summed E-state index contributed by atoms with van der Waals surface area (Å²) in [6, 6.07) is 28.7. The Labute approximate surface area is 482 Å². The van der Waals surface area contributed by atoms with Crippen molar-refractivity contribution in [3.05, 3.63) is 148 Å². The van der Waals surface area contributed by atoms with Crippen LogP contribution in [0.5, 0.6) is 0 Å². The molecule has 0 bridgehead atoms. The number of alkyl halides is 3. The second-order valence-electron chi connectivity index (χ2n) is 27.5. The minimum atomic E-state index is -4.97. The highest BCUT2D eigenvalue weighted by atomic mass is 19.4. The maximum atomic E-state index is 15.8. The summed E-state index contributed by atoms with van der Waals surface area (Å²) < 4.78 is 60.7. The number of aliphatic imine (C=N–C) groups is 2. The summed E-state index contributed by atoms with van der Waals surface area (Å²) in [5.41, 5.74) is -1.98. The lowest BCUT2D eigenvalue weighted by atomic mass is 9.59. The smallest absolute Gasteiger partial charge is 0.417 e. The van der Waals surface area contributed by atoms with Gasteiger partial charge < -0.3 is 25.1 Å². The molecular formula is C68H82F3N5O6. The number of hydrogen-bond donors (Lipinski definition) is 3. The molecule has 4 atom stereocenters. The molecule has 5 aromatic rings. The Kier molecular flexibility index (Phi) is 17.3. The molecule has 2 saturated carbocycles. The van der Waals surface area contributed by atoms with Crippen LogP contribution in [0.2, 0.25) is 0 Å². The molecule has 1 aliphatic heterocycles. The molecule has 2 heterocycles. The Morgan fingerprint density at radius 1 is 0.561 bits per heavy atom. The van der Waals surface area contributed by atoms with Crippen molar-refractivity contribution in [2.24, 2.45) is 67.2 Å². The Bertz CT molecular complexity index is 3240. The van der Waals surface area contributed by atoms with Crippen LogP contribution in [-0.4, -0.2) is 52.6 Å². The molecule has 8 rings (SSSR count). The van der Waals surface area contributed by atoms with E-state index in [1.54, 1.807) is 72.8 Å². The standard InChI is InChI=1S/C68H82F3N5O6/c1-38-34-46(64(4,5)6)54(47(35-38)65(7,8)9)81-62(79)52-50(43-31-23-22-26-40(43)3)56(73-58(52)75-60(77)41-27-18-16-19-28-41)72-57-51(44-32-24-25-33-45(44)68(69,70)71)53(59(74-57)76-61(78)42-29-20-17-21-30-42)63(80)82-55-48(66(10,11)12)36-39(2)37-49(55)67(13,14)15/h16-33,38-39,46-49,54-55,73H,34-37H2,1-15H3,(H,75,77)(H,72,74,76,78). The molecule has 14 heteroatoms. The highest BCUT2D eigenvalue weighted by Gasteiger charge is 2.51. The molecule has 2 fully saturated rings. The van der Waals surface area contributed by atoms with Crippen molar-refractivity contribution in [1.82, 2.24) is 10.3 Å². The summed E-state index contributed by atoms with van der Waals surface area (Å²) in [5, 5.41) is 5.74. The van der Waals surface area contributed by atoms with Gasteiger partial charge in [0, 0.05) is 45.9 Å². The van der Waals surface area contributed by atoms with Crippen LogP contribution in [0.15, 0.2) is 125 Å². The Morgan fingerprint density at radius 2 is 0.976 bits per heavy atom. The second kappa shape index (κ2) is 23.3. The SMILES string of the molecule is Cc1ccccc1-c1c(N=C2N=C(NC(=O)c3ccccc3)C(C(=O)OC3C(C(C)(C)C)CC(C)CC3C(C)(C)C)=C2c2ccccc2C(F)(F)F)[nH]c(NC(=O)c2ccccc2)c1C(=O)OC1C(C(C)(C)C)CC(C)CC1C(C)(C)C. The van der Waals surface area contributed by atoms with Gasteiger partial charge in [-0.05, 0) is 113 Å². The number of carbonyl (C=O) groups excluding carboxylic acids is 4. The van der Waals surface area contributed by atoms with E-state index in [2.05, 4.69) is 113 Å². The van der Waals surface area contributed by atoms with Crippen LogP contribution in [0.25, 0.3) is 16.7 Å². The third-order valence-electron chi connectivity index (χ3n) is 17.1. The van der Waals surface area contributed by atoms with Crippen LogP contribution >= 0.6 is 0 Å². The summed E-state index contributed by atoms with van der Waals surface area (Å²) >= 11 is 0. The van der Waals surface area contributed by atoms with Crippen LogP contribution in [0.1, 0.15) is 170 Å². The zero-order valence-corrected chi connectivity index (χ0v) is 50.3. The molecule has 0 spiro atoms. The van der Waals surface area contributed by atoms with Gasteiger partial charge >= 0.3 is 18.1 Å². The van der Waals surface area contributed by atoms with E-state index < -0.39 is 64.7 Å². The summed E-state index contributed by atoms with van der Waals surface area (Å²) in [5.74, 6) is -3.88. The molecule has 2 aliphatic carbocycles. The lowest BCUT2D eigenvalue weighted by Gasteiger charge is -2.50. The number of amidine groups is 2. The predicted octanol–water partition coefficient (Wildman–Crippen LogP) is 16.5. The number of nitrogens with zero attached hydrogens (tertiary/aromatic N) is 2. The van der Waals surface area contributed by atoms with Crippen molar-refractivity contribution < 1.29 is 41.8 Å². The molecule has 0 radical (unpaired) electrons. The first-order valence-electron chi connectivity index (χ1n) is 28.8. The number of hydrogen-bond acceptors (Lipinski definition) is 7. The number of halogens is 3. The van der Waals surface area contributed by atoms with Crippen molar-refractivity contribution in [3.63, 3.8) is 0 Å². The van der Waals surface area contributed by atoms with Gasteiger partial charge in [0.1, 0.15) is 35.0 Å². The summed E-state index contributed by atoms with van der Waals surface area (Å²) in [4.78, 5) is 73.6. The molecule has 0 saturated heterocycles. The van der Waals surface area contributed by atoms with Gasteiger partial charge in [-0.15, -0.1) is 0 Å². The number of H-pyrrole nitrogens is 1. The van der Waals surface area contributed by atoms with Crippen molar-refractivity contribution in [1.29, 1.82) is 0 Å². The van der Waals surface area contributed by atoms with Gasteiger partial charge in [0.25, 0.3) is 11.8 Å². The number of benzene rings is 4. The van der Waals surface area contributed by atoms with Crippen LogP contribution < -0.4 is 10.6 Å². The van der Waals surface area contributed by atoms with E-state index in [1.807, 2.05) is 19.1 Å². The monoisotopic (exact) mass is 1120 g/mol. The van der Waals surface area contributed by atoms with Gasteiger partial charge in [-0.25, -0.2) is 19.6 Å². The molecular weight excluding hydrogens is 1040 g/mol. The normalized spacial score (nSPS) is 23.3. The van der Waals surface area contributed by atoms with E-state index >= 15 is 22.8 Å². The van der Waals surface area contributed by atoms with E-state index in [9.17, 15) is 9.59 Å². The van der Waals surface area contributed by atoms with Crippen LogP contribution in [-0.2, 0) is 20.4 Å². The number of nitrogens with one attached hydrogen (secondary N) is 3. The first-order chi connectivity index (χ1) is 38.2. The minimum Gasteiger partial charge on any atom is -0.458 e. The maximum Gasteiger partial charge on any atom is 0.417 e. The number of esters is 2. The molecule has 11 nitrogen and oxygen atoms in total. The molecule has 4 aromatic carbocycles. The van der Waals surface area contributed by atoms with Crippen LogP contribution in [0, 0.1) is 64.1 Å². The van der Waals surface area contributed by atoms with Crippen LogP contribution in [0.4, 0.5) is 24.8 Å². The quantitative estimate of drug-likeness (QED) is 0.118. The van der Waals surface area contributed by atoms with Gasteiger partial charge in [-0.2, -0.15) is 13.2 Å². The summed E-state index contributed by atoms with van der Waals surface area (Å²) in [6.45, 7) is 31.7. The molecule has 3 N–H and O–H groups in total. The molecule has 4 unspecified atom stereocenters. The van der Waals surface area contributed by atoms with E-state index in [0.29, 0.717) is 17.0 Å². The number of rotatable bonds is 10. The number of aromatic amines is 1. The van der Waals surface area contributed by atoms with Crippen molar-refractivity contribution >= 4 is 52.6 Å². The Balaban J connectivity index is 1.44. The van der Waals surface area contributed by atoms with Crippen LogP contribution in [0.3, 0.4) is 0 Å². The maximum absolute atomic E-state index is 15.8. The van der Waals surface area contributed by atoms with Crippen molar-refractivity contribution in [2.45, 2.75) is 148 Å². The molecule has 436 valence electrons. The average Bonchev–Trinajstić information content (AvgIpc) is 4.15. The van der Waals surface area contributed by atoms with Gasteiger partial charge in [0.2, 0.25) is 0 Å². The topological polar surface area (TPSA) is 151 Å². The fourth-order valence-electron chi connectivity index (χ4n) is 12.8. The van der Waals surface area contributed by atoms with Gasteiger partial charge in [0.15, 0.2) is 11.7 Å². The zero-order chi connectivity index (χ0) is 60.0. The van der Waals surface area contributed by atoms with Gasteiger partial charge in [-0.3, -0.25) is 9.59 Å². The van der Waals surface area contributed by atoms with Crippen molar-refractivity contribution in [3.8, 4) is 11.1 Å². The summed E-state index contributed by atoms with van der Waals surface area (Å²) in [6.07, 6.45) is -3.18. The second-order valence-corrected chi connectivity index (χ2v) is 27.5. The third-order valence-corrected chi connectivity index (χ3v) is 17.1. The number of anilines is 1. The number of amides is 2. The number of ether oxygens (including phenoxy) is 2. The number of aromatic nitrogens is 1. The number of aryl methyl sites for hydroxylation is 1. The number of carbonyl (C=O) groups is 4. The third kappa shape index (κ3) is 13.2. The fraction of sp³-hybridized carbons (Fsp3) is 0.471. The molecule has 3 aliphatic rings. The molecule has 1 aromatic heterocycles. The van der Waals surface area contributed by atoms with Gasteiger partial charge in [-0.1, -0.05) is 176 Å². The largest absolute Gasteiger partial charge is 0.458 e. The first kappa shape index (κ1) is 61.0. The first-order valence-corrected chi connectivity index (χ1v) is 28.8. The van der Waals surface area contributed by atoms with E-state index in [4.69, 9.17) is 19.5 Å². The zero-order valence-electron chi connectivity index (χ0n) is 50.3.